The standard InChI is InChI=1S/C27H26ClN3O4/c1-33-20-8-10-21(11-9-20)35-14-13-30-23-6-4-3-5-22(23)29-27(30)18-15-26(32)31(17-18)24-16-19(28)7-12-25(24)34-2/h3-12,16,18H,13-15,17H2,1-2H3/t18-/m0/s1. The number of hydrogen-bond donors (Lipinski definition) is 0. The molecule has 0 spiro atoms. The number of nitrogens with zero attached hydrogens (tertiary/aromatic N) is 3. The second-order valence-corrected chi connectivity index (χ2v) is 8.79. The van der Waals surface area contributed by atoms with Crippen LogP contribution in [0.3, 0.4) is 0 Å². The zero-order valence-electron chi connectivity index (χ0n) is 19.6. The number of imidazole rings is 1. The van der Waals surface area contributed by atoms with Crippen molar-refractivity contribution in [3.05, 3.63) is 77.6 Å². The van der Waals surface area contributed by atoms with E-state index in [0.717, 1.165) is 28.4 Å². The topological polar surface area (TPSA) is 65.8 Å². The largest absolute Gasteiger partial charge is 0.497 e. The lowest BCUT2D eigenvalue weighted by Crippen LogP contribution is -2.25. The molecule has 35 heavy (non-hydrogen) atoms. The Hall–Kier alpha value is -3.71. The van der Waals surface area contributed by atoms with Gasteiger partial charge in [0.05, 0.1) is 37.5 Å². The molecule has 2 heterocycles. The van der Waals surface area contributed by atoms with E-state index in [1.54, 1.807) is 37.3 Å². The predicted molar refractivity (Wildman–Crippen MR) is 136 cm³/mol. The molecule has 1 aliphatic heterocycles. The summed E-state index contributed by atoms with van der Waals surface area (Å²) in [5, 5.41) is 0.556. The predicted octanol–water partition coefficient (Wildman–Crippen LogP) is 5.31. The van der Waals surface area contributed by atoms with Crippen molar-refractivity contribution in [3.63, 3.8) is 0 Å². The second-order valence-electron chi connectivity index (χ2n) is 8.36. The van der Waals surface area contributed by atoms with Crippen LogP contribution in [0.25, 0.3) is 11.0 Å². The second kappa shape index (κ2) is 9.88. The summed E-state index contributed by atoms with van der Waals surface area (Å²) in [4.78, 5) is 19.7. The minimum Gasteiger partial charge on any atom is -0.497 e. The van der Waals surface area contributed by atoms with Crippen LogP contribution >= 0.6 is 11.6 Å². The molecule has 1 saturated heterocycles. The lowest BCUT2D eigenvalue weighted by Gasteiger charge is -2.20. The van der Waals surface area contributed by atoms with Gasteiger partial charge in [0.15, 0.2) is 0 Å². The maximum Gasteiger partial charge on any atom is 0.227 e. The molecule has 1 aliphatic rings. The quantitative estimate of drug-likeness (QED) is 0.334. The number of carbonyl (C=O) groups excluding carboxylic acids is 1. The van der Waals surface area contributed by atoms with Crippen LogP contribution in [-0.2, 0) is 11.3 Å². The van der Waals surface area contributed by atoms with E-state index in [-0.39, 0.29) is 11.8 Å². The molecule has 3 aromatic carbocycles. The van der Waals surface area contributed by atoms with Crippen LogP contribution in [0.4, 0.5) is 5.69 Å². The van der Waals surface area contributed by atoms with Gasteiger partial charge in [0.1, 0.15) is 29.7 Å². The molecule has 0 bridgehead atoms. The summed E-state index contributed by atoms with van der Waals surface area (Å²) in [6.07, 6.45) is 0.359. The van der Waals surface area contributed by atoms with Gasteiger partial charge in [-0.05, 0) is 54.6 Å². The summed E-state index contributed by atoms with van der Waals surface area (Å²) in [5.41, 5.74) is 2.60. The van der Waals surface area contributed by atoms with E-state index in [1.807, 2.05) is 48.5 Å². The first-order chi connectivity index (χ1) is 17.1. The summed E-state index contributed by atoms with van der Waals surface area (Å²) in [7, 11) is 3.23. The number of ether oxygens (including phenoxy) is 3. The van der Waals surface area contributed by atoms with Gasteiger partial charge in [0, 0.05) is 23.9 Å². The van der Waals surface area contributed by atoms with Crippen molar-refractivity contribution in [1.82, 2.24) is 9.55 Å². The number of amides is 1. The van der Waals surface area contributed by atoms with Crippen LogP contribution in [0.1, 0.15) is 18.2 Å². The van der Waals surface area contributed by atoms with Crippen LogP contribution in [-0.4, -0.2) is 42.8 Å². The Morgan fingerprint density at radius 1 is 1.00 bits per heavy atom. The van der Waals surface area contributed by atoms with Gasteiger partial charge in [0.25, 0.3) is 0 Å². The number of rotatable bonds is 8. The minimum absolute atomic E-state index is 0.0173. The van der Waals surface area contributed by atoms with Crippen molar-refractivity contribution in [1.29, 1.82) is 0 Å². The maximum absolute atomic E-state index is 13.1. The molecule has 1 atom stereocenters. The maximum atomic E-state index is 13.1. The lowest BCUT2D eigenvalue weighted by molar-refractivity contribution is -0.117. The van der Waals surface area contributed by atoms with Gasteiger partial charge in [-0.1, -0.05) is 23.7 Å². The first kappa shape index (κ1) is 23.1. The van der Waals surface area contributed by atoms with Gasteiger partial charge >= 0.3 is 0 Å². The van der Waals surface area contributed by atoms with Gasteiger partial charge in [-0.3, -0.25) is 4.79 Å². The molecular weight excluding hydrogens is 466 g/mol. The number of halogens is 1. The highest BCUT2D eigenvalue weighted by atomic mass is 35.5. The fourth-order valence-electron chi connectivity index (χ4n) is 4.55. The van der Waals surface area contributed by atoms with E-state index in [2.05, 4.69) is 4.57 Å². The monoisotopic (exact) mass is 491 g/mol. The van der Waals surface area contributed by atoms with E-state index < -0.39 is 0 Å². The molecule has 8 heteroatoms. The Morgan fingerprint density at radius 3 is 2.54 bits per heavy atom. The summed E-state index contributed by atoms with van der Waals surface area (Å²) in [5.74, 6) is 2.99. The fraction of sp³-hybridized carbons (Fsp3) is 0.259. The molecule has 0 N–H and O–H groups in total. The molecule has 0 radical (unpaired) electrons. The van der Waals surface area contributed by atoms with E-state index in [1.165, 1.54) is 0 Å². The Bertz CT molecular complexity index is 1350. The van der Waals surface area contributed by atoms with E-state index in [9.17, 15) is 4.79 Å². The van der Waals surface area contributed by atoms with Crippen molar-refractivity contribution in [2.45, 2.75) is 18.9 Å². The Labute approximate surface area is 208 Å². The van der Waals surface area contributed by atoms with Gasteiger partial charge in [-0.25, -0.2) is 4.98 Å². The van der Waals surface area contributed by atoms with Crippen molar-refractivity contribution < 1.29 is 19.0 Å². The van der Waals surface area contributed by atoms with Crippen molar-refractivity contribution in [2.75, 3.05) is 32.3 Å². The van der Waals surface area contributed by atoms with E-state index in [0.29, 0.717) is 42.6 Å². The third-order valence-electron chi connectivity index (χ3n) is 6.25. The van der Waals surface area contributed by atoms with E-state index in [4.69, 9.17) is 30.8 Å². The molecule has 1 aromatic heterocycles. The van der Waals surface area contributed by atoms with Crippen LogP contribution in [0.15, 0.2) is 66.7 Å². The number of carbonyl (C=O) groups is 1. The van der Waals surface area contributed by atoms with Crippen LogP contribution < -0.4 is 19.1 Å². The molecular formula is C27H26ClN3O4. The number of aromatic nitrogens is 2. The summed E-state index contributed by atoms with van der Waals surface area (Å²) in [6.45, 7) is 1.57. The van der Waals surface area contributed by atoms with Crippen molar-refractivity contribution in [2.24, 2.45) is 0 Å². The number of benzene rings is 3. The highest BCUT2D eigenvalue weighted by Crippen LogP contribution is 2.38. The molecule has 0 unspecified atom stereocenters. The number of hydrogen-bond acceptors (Lipinski definition) is 5. The Balaban J connectivity index is 1.40. The molecule has 180 valence electrons. The van der Waals surface area contributed by atoms with Gasteiger partial charge in [0.2, 0.25) is 5.91 Å². The highest BCUT2D eigenvalue weighted by Gasteiger charge is 2.36. The first-order valence-corrected chi connectivity index (χ1v) is 11.8. The zero-order chi connectivity index (χ0) is 24.4. The lowest BCUT2D eigenvalue weighted by atomic mass is 10.1. The van der Waals surface area contributed by atoms with Crippen molar-refractivity contribution in [3.8, 4) is 17.2 Å². The number of anilines is 1. The third kappa shape index (κ3) is 4.64. The van der Waals surface area contributed by atoms with Gasteiger partial charge in [-0.15, -0.1) is 0 Å². The molecule has 1 fully saturated rings. The minimum atomic E-state index is -0.0698. The fourth-order valence-corrected chi connectivity index (χ4v) is 4.72. The molecule has 0 saturated carbocycles. The number of methoxy groups -OCH3 is 2. The van der Waals surface area contributed by atoms with Crippen molar-refractivity contribution >= 4 is 34.2 Å². The molecule has 0 aliphatic carbocycles. The summed E-state index contributed by atoms with van der Waals surface area (Å²) in [6, 6.07) is 20.8. The molecule has 7 nitrogen and oxygen atoms in total. The zero-order valence-corrected chi connectivity index (χ0v) is 20.4. The smallest absolute Gasteiger partial charge is 0.227 e. The number of para-hydroxylation sites is 2. The van der Waals surface area contributed by atoms with Gasteiger partial charge in [-0.2, -0.15) is 0 Å². The SMILES string of the molecule is COc1ccc(OCCn2c([C@H]3CC(=O)N(c4cc(Cl)ccc4OC)C3)nc3ccccc32)cc1. The number of fused-ring (bicyclic) bond motifs is 1. The summed E-state index contributed by atoms with van der Waals surface area (Å²) < 4.78 is 18.8. The van der Waals surface area contributed by atoms with E-state index >= 15 is 0 Å². The first-order valence-electron chi connectivity index (χ1n) is 11.4. The average Bonchev–Trinajstić information content (AvgIpc) is 3.45. The van der Waals surface area contributed by atoms with Crippen LogP contribution in [0, 0.1) is 0 Å². The Kier molecular flexibility index (Phi) is 6.51. The molecule has 5 rings (SSSR count). The van der Waals surface area contributed by atoms with Crippen LogP contribution in [0.2, 0.25) is 5.02 Å². The molecule has 4 aromatic rings. The van der Waals surface area contributed by atoms with Crippen LogP contribution in [0.5, 0.6) is 17.2 Å². The molecule has 1 amide bonds. The third-order valence-corrected chi connectivity index (χ3v) is 6.48. The van der Waals surface area contributed by atoms with Gasteiger partial charge < -0.3 is 23.7 Å². The average molecular weight is 492 g/mol. The summed E-state index contributed by atoms with van der Waals surface area (Å²) >= 11 is 6.23. The Morgan fingerprint density at radius 2 is 1.77 bits per heavy atom. The highest BCUT2D eigenvalue weighted by molar-refractivity contribution is 6.31. The normalized spacial score (nSPS) is 15.6.